The van der Waals surface area contributed by atoms with Crippen molar-refractivity contribution in [3.8, 4) is 0 Å². The Morgan fingerprint density at radius 2 is 0.848 bits per heavy atom. The molecule has 0 heterocycles. The maximum atomic E-state index is 3.90. The predicted molar refractivity (Wildman–Crippen MR) is 152 cm³/mol. The molecule has 1 aromatic carbocycles. The zero-order valence-corrected chi connectivity index (χ0v) is 22.6. The average Bonchev–Trinajstić information content (AvgIpc) is 2.85. The molecule has 1 rings (SSSR count). The van der Waals surface area contributed by atoms with Gasteiger partial charge in [0.2, 0.25) is 0 Å². The molecule has 0 radical (unpaired) electrons. The van der Waals surface area contributed by atoms with Gasteiger partial charge in [0.25, 0.3) is 0 Å². The van der Waals surface area contributed by atoms with Gasteiger partial charge in [-0.05, 0) is 30.5 Å². The number of benzene rings is 1. The van der Waals surface area contributed by atoms with Gasteiger partial charge in [0.15, 0.2) is 0 Å². The fraction of sp³-hybridized carbons (Fsp3) is 0.750. The van der Waals surface area contributed by atoms with E-state index in [4.69, 9.17) is 0 Å². The summed E-state index contributed by atoms with van der Waals surface area (Å²) in [5, 5.41) is 0. The van der Waals surface area contributed by atoms with Crippen LogP contribution in [0.15, 0.2) is 30.8 Å². The lowest BCUT2D eigenvalue weighted by Crippen LogP contribution is -2.25. The Hall–Kier alpha value is -1.24. The summed E-state index contributed by atoms with van der Waals surface area (Å²) in [5.74, 6) is 0. The standard InChI is InChI=1S/C32H57N/c1-4-7-9-11-13-15-17-19-21-23-29-33(32-27-25-31(6-3)26-28-32)30-24-22-20-18-16-14-12-10-8-5-2/h6,25-28H,3-5,7-24,29-30H2,1-2H3. The number of unbranched alkanes of at least 4 members (excludes halogenated alkanes) is 18. The minimum Gasteiger partial charge on any atom is -0.372 e. The summed E-state index contributed by atoms with van der Waals surface area (Å²) in [7, 11) is 0. The quantitative estimate of drug-likeness (QED) is 0.140. The number of rotatable bonds is 24. The molecule has 0 unspecified atom stereocenters. The maximum absolute atomic E-state index is 3.90. The van der Waals surface area contributed by atoms with E-state index < -0.39 is 0 Å². The summed E-state index contributed by atoms with van der Waals surface area (Å²) in [5.41, 5.74) is 2.61. The molecule has 0 bridgehead atoms. The lowest BCUT2D eigenvalue weighted by molar-refractivity contribution is 0.543. The minimum absolute atomic E-state index is 1.21. The van der Waals surface area contributed by atoms with Gasteiger partial charge in [0.1, 0.15) is 0 Å². The van der Waals surface area contributed by atoms with Crippen molar-refractivity contribution in [1.82, 2.24) is 0 Å². The first-order valence-electron chi connectivity index (χ1n) is 14.8. The largest absolute Gasteiger partial charge is 0.372 e. The fourth-order valence-electron chi connectivity index (χ4n) is 4.77. The van der Waals surface area contributed by atoms with E-state index in [1.807, 2.05) is 6.08 Å². The number of hydrogen-bond donors (Lipinski definition) is 0. The highest BCUT2D eigenvalue weighted by molar-refractivity contribution is 5.54. The molecule has 33 heavy (non-hydrogen) atoms. The second kappa shape index (κ2) is 22.5. The third kappa shape index (κ3) is 16.9. The van der Waals surface area contributed by atoms with Crippen LogP contribution in [0.4, 0.5) is 5.69 Å². The molecule has 0 aliphatic carbocycles. The first kappa shape index (κ1) is 29.8. The maximum Gasteiger partial charge on any atom is 0.0366 e. The lowest BCUT2D eigenvalue weighted by atomic mass is 10.1. The lowest BCUT2D eigenvalue weighted by Gasteiger charge is -2.25. The first-order chi connectivity index (χ1) is 16.3. The Kier molecular flexibility index (Phi) is 20.4. The second-order valence-corrected chi connectivity index (χ2v) is 10.1. The van der Waals surface area contributed by atoms with E-state index in [0.29, 0.717) is 0 Å². The molecule has 0 spiro atoms. The highest BCUT2D eigenvalue weighted by atomic mass is 15.1. The molecule has 190 valence electrons. The van der Waals surface area contributed by atoms with Gasteiger partial charge in [-0.2, -0.15) is 0 Å². The number of anilines is 1. The number of nitrogens with zero attached hydrogens (tertiary/aromatic N) is 1. The molecule has 1 heteroatoms. The normalized spacial score (nSPS) is 11.1. The van der Waals surface area contributed by atoms with Gasteiger partial charge in [0.05, 0.1) is 0 Å². The van der Waals surface area contributed by atoms with Crippen LogP contribution >= 0.6 is 0 Å². The summed E-state index contributed by atoms with van der Waals surface area (Å²) in [6, 6.07) is 9.02. The Morgan fingerprint density at radius 3 is 1.18 bits per heavy atom. The van der Waals surface area contributed by atoms with E-state index in [1.165, 1.54) is 153 Å². The molecular weight excluding hydrogens is 398 g/mol. The van der Waals surface area contributed by atoms with Crippen LogP contribution in [0.1, 0.15) is 148 Å². The van der Waals surface area contributed by atoms with E-state index in [0.717, 1.165) is 0 Å². The van der Waals surface area contributed by atoms with E-state index in [9.17, 15) is 0 Å². The molecule has 0 aromatic heterocycles. The van der Waals surface area contributed by atoms with Gasteiger partial charge in [-0.15, -0.1) is 0 Å². The monoisotopic (exact) mass is 455 g/mol. The molecule has 0 aliphatic rings. The van der Waals surface area contributed by atoms with Crippen LogP contribution in [-0.2, 0) is 0 Å². The highest BCUT2D eigenvalue weighted by Gasteiger charge is 2.06. The molecule has 0 saturated heterocycles. The molecule has 0 saturated carbocycles. The Labute approximate surface area is 208 Å². The predicted octanol–water partition coefficient (Wildman–Crippen LogP) is 11.0. The van der Waals surface area contributed by atoms with Crippen LogP contribution in [0.25, 0.3) is 6.08 Å². The first-order valence-corrected chi connectivity index (χ1v) is 14.8. The third-order valence-corrected chi connectivity index (χ3v) is 7.06. The van der Waals surface area contributed by atoms with E-state index in [2.05, 4.69) is 49.6 Å². The summed E-state index contributed by atoms with van der Waals surface area (Å²) >= 11 is 0. The average molecular weight is 456 g/mol. The van der Waals surface area contributed by atoms with Gasteiger partial charge in [-0.3, -0.25) is 0 Å². The Balaban J connectivity index is 2.22. The van der Waals surface area contributed by atoms with Crippen molar-refractivity contribution < 1.29 is 0 Å². The summed E-state index contributed by atoms with van der Waals surface area (Å²) < 4.78 is 0. The SMILES string of the molecule is C=Cc1ccc(N(CCCCCCCCCCCC)CCCCCCCCCCCC)cc1. The van der Waals surface area contributed by atoms with Crippen molar-refractivity contribution >= 4 is 11.8 Å². The topological polar surface area (TPSA) is 3.24 Å². The van der Waals surface area contributed by atoms with Gasteiger partial charge in [-0.1, -0.05) is 154 Å². The smallest absolute Gasteiger partial charge is 0.0366 e. The Morgan fingerprint density at radius 1 is 0.515 bits per heavy atom. The van der Waals surface area contributed by atoms with Crippen molar-refractivity contribution in [3.05, 3.63) is 36.4 Å². The molecule has 0 fully saturated rings. The van der Waals surface area contributed by atoms with Gasteiger partial charge < -0.3 is 4.90 Å². The molecule has 1 aromatic rings. The van der Waals surface area contributed by atoms with Crippen molar-refractivity contribution in [3.63, 3.8) is 0 Å². The summed E-state index contributed by atoms with van der Waals surface area (Å²) in [4.78, 5) is 2.64. The third-order valence-electron chi connectivity index (χ3n) is 7.06. The van der Waals surface area contributed by atoms with E-state index >= 15 is 0 Å². The fourth-order valence-corrected chi connectivity index (χ4v) is 4.77. The van der Waals surface area contributed by atoms with Crippen LogP contribution in [0, 0.1) is 0 Å². The summed E-state index contributed by atoms with van der Waals surface area (Å²) in [6.45, 7) is 10.9. The van der Waals surface area contributed by atoms with Crippen LogP contribution in [0.3, 0.4) is 0 Å². The van der Waals surface area contributed by atoms with Crippen LogP contribution in [0.5, 0.6) is 0 Å². The van der Waals surface area contributed by atoms with Crippen molar-refractivity contribution in [1.29, 1.82) is 0 Å². The van der Waals surface area contributed by atoms with Crippen molar-refractivity contribution in [2.45, 2.75) is 142 Å². The van der Waals surface area contributed by atoms with Gasteiger partial charge in [-0.25, -0.2) is 0 Å². The molecule has 0 N–H and O–H groups in total. The van der Waals surface area contributed by atoms with Crippen LogP contribution in [-0.4, -0.2) is 13.1 Å². The van der Waals surface area contributed by atoms with Crippen LogP contribution in [0.2, 0.25) is 0 Å². The van der Waals surface area contributed by atoms with Crippen molar-refractivity contribution in [2.24, 2.45) is 0 Å². The number of hydrogen-bond acceptors (Lipinski definition) is 1. The van der Waals surface area contributed by atoms with E-state index in [-0.39, 0.29) is 0 Å². The molecule has 0 atom stereocenters. The highest BCUT2D eigenvalue weighted by Crippen LogP contribution is 2.19. The van der Waals surface area contributed by atoms with Crippen LogP contribution < -0.4 is 4.90 Å². The minimum atomic E-state index is 1.21. The van der Waals surface area contributed by atoms with Gasteiger partial charge >= 0.3 is 0 Å². The second-order valence-electron chi connectivity index (χ2n) is 10.1. The summed E-state index contributed by atoms with van der Waals surface area (Å²) in [6.07, 6.45) is 30.1. The Bertz CT molecular complexity index is 508. The molecule has 1 nitrogen and oxygen atoms in total. The molecule has 0 aliphatic heterocycles. The molecule has 0 amide bonds. The van der Waals surface area contributed by atoms with Gasteiger partial charge in [0, 0.05) is 18.8 Å². The zero-order chi connectivity index (χ0) is 23.8. The van der Waals surface area contributed by atoms with Crippen molar-refractivity contribution in [2.75, 3.05) is 18.0 Å². The van der Waals surface area contributed by atoms with E-state index in [1.54, 1.807) is 0 Å². The molecular formula is C32H57N. The zero-order valence-electron chi connectivity index (χ0n) is 22.6.